The van der Waals surface area contributed by atoms with Crippen molar-refractivity contribution in [2.24, 2.45) is 0 Å². The number of benzene rings is 2. The monoisotopic (exact) mass is 379 g/mol. The van der Waals surface area contributed by atoms with Crippen molar-refractivity contribution in [3.63, 3.8) is 0 Å². The van der Waals surface area contributed by atoms with E-state index < -0.39 is 0 Å². The van der Waals surface area contributed by atoms with Crippen molar-refractivity contribution in [2.45, 2.75) is 57.1 Å². The molecule has 0 aliphatic carbocycles. The number of ketones is 1. The summed E-state index contributed by atoms with van der Waals surface area (Å²) < 4.78 is 11.6. The fraction of sp³-hybridized carbons (Fsp3) is 0.391. The Hall–Kier alpha value is -2.66. The van der Waals surface area contributed by atoms with Gasteiger partial charge in [0.1, 0.15) is 12.4 Å². The van der Waals surface area contributed by atoms with Crippen molar-refractivity contribution >= 4 is 11.9 Å². The fourth-order valence-electron chi connectivity index (χ4n) is 4.22. The molecule has 2 fully saturated rings. The molecule has 2 aliphatic heterocycles. The maximum absolute atomic E-state index is 12.7. The van der Waals surface area contributed by atoms with E-state index in [2.05, 4.69) is 0 Å². The van der Waals surface area contributed by atoms with Crippen LogP contribution >= 0.6 is 0 Å². The average Bonchev–Trinajstić information content (AvgIpc) is 2.71. The maximum Gasteiger partial charge on any atom is 0.410 e. The van der Waals surface area contributed by atoms with Crippen LogP contribution in [0.15, 0.2) is 60.7 Å². The third-order valence-corrected chi connectivity index (χ3v) is 5.53. The van der Waals surface area contributed by atoms with E-state index >= 15 is 0 Å². The molecule has 146 valence electrons. The predicted octanol–water partition coefficient (Wildman–Crippen LogP) is 4.10. The van der Waals surface area contributed by atoms with Crippen LogP contribution in [0.1, 0.15) is 36.8 Å². The summed E-state index contributed by atoms with van der Waals surface area (Å²) >= 11 is 0. The molecule has 4 rings (SSSR count). The van der Waals surface area contributed by atoms with Crippen LogP contribution in [0, 0.1) is 0 Å². The second kappa shape index (κ2) is 8.57. The molecule has 3 atom stereocenters. The van der Waals surface area contributed by atoms with Crippen LogP contribution in [0.5, 0.6) is 0 Å². The number of Topliss-reactive ketones (excluding diaryl/α,β-unsaturated/α-hetero) is 1. The topological polar surface area (TPSA) is 55.8 Å². The Kier molecular flexibility index (Phi) is 5.72. The van der Waals surface area contributed by atoms with Gasteiger partial charge >= 0.3 is 6.09 Å². The van der Waals surface area contributed by atoms with Gasteiger partial charge in [-0.25, -0.2) is 4.79 Å². The Morgan fingerprint density at radius 2 is 1.39 bits per heavy atom. The van der Waals surface area contributed by atoms with Crippen molar-refractivity contribution < 1.29 is 19.1 Å². The summed E-state index contributed by atoms with van der Waals surface area (Å²) in [4.78, 5) is 26.6. The van der Waals surface area contributed by atoms with Gasteiger partial charge in [-0.05, 0) is 24.0 Å². The molecule has 0 spiro atoms. The summed E-state index contributed by atoms with van der Waals surface area (Å²) in [5, 5.41) is 0. The van der Waals surface area contributed by atoms with Gasteiger partial charge in [-0.1, -0.05) is 60.7 Å². The maximum atomic E-state index is 12.7. The summed E-state index contributed by atoms with van der Waals surface area (Å²) in [6.07, 6.45) is 1.87. The van der Waals surface area contributed by atoms with Crippen molar-refractivity contribution in [1.29, 1.82) is 0 Å². The van der Waals surface area contributed by atoms with Gasteiger partial charge in [-0.2, -0.15) is 0 Å². The minimum Gasteiger partial charge on any atom is -0.445 e. The molecule has 28 heavy (non-hydrogen) atoms. The standard InChI is InChI=1S/C23H25NO4/c25-21-11-19-13-22(27-15-17-7-3-1-4-8-17)14-20(12-21)24(19)23(26)28-16-18-9-5-2-6-10-18/h1-10,19-20,22H,11-16H2/t19-,20+,22-. The van der Waals surface area contributed by atoms with Crippen molar-refractivity contribution in [2.75, 3.05) is 0 Å². The lowest BCUT2D eigenvalue weighted by atomic mass is 9.82. The SMILES string of the molecule is O=C1C[C@@H]2C[C@@H](OCc3ccccc3)C[C@H](C1)N2C(=O)OCc1ccccc1. The minimum atomic E-state index is -0.326. The van der Waals surface area contributed by atoms with Gasteiger partial charge < -0.3 is 14.4 Å². The highest BCUT2D eigenvalue weighted by molar-refractivity contribution is 5.83. The van der Waals surface area contributed by atoms with Gasteiger partial charge in [0.15, 0.2) is 0 Å². The van der Waals surface area contributed by atoms with Gasteiger partial charge in [-0.15, -0.1) is 0 Å². The van der Waals surface area contributed by atoms with Crippen molar-refractivity contribution in [3.05, 3.63) is 71.8 Å². The largest absolute Gasteiger partial charge is 0.445 e. The van der Waals surface area contributed by atoms with Gasteiger partial charge in [0.25, 0.3) is 0 Å². The highest BCUT2D eigenvalue weighted by Crippen LogP contribution is 2.35. The lowest BCUT2D eigenvalue weighted by Gasteiger charge is -2.47. The van der Waals surface area contributed by atoms with Gasteiger partial charge in [0.05, 0.1) is 12.7 Å². The van der Waals surface area contributed by atoms with Crippen LogP contribution in [-0.4, -0.2) is 35.0 Å². The number of carbonyl (C=O) groups excluding carboxylic acids is 2. The van der Waals surface area contributed by atoms with Crippen molar-refractivity contribution in [1.82, 2.24) is 4.90 Å². The number of nitrogens with zero attached hydrogens (tertiary/aromatic N) is 1. The lowest BCUT2D eigenvalue weighted by molar-refractivity contribution is -0.130. The van der Waals surface area contributed by atoms with E-state index in [1.165, 1.54) is 0 Å². The summed E-state index contributed by atoms with van der Waals surface area (Å²) in [7, 11) is 0. The third kappa shape index (κ3) is 4.42. The molecule has 2 aliphatic rings. The van der Waals surface area contributed by atoms with E-state index in [1.54, 1.807) is 4.90 Å². The summed E-state index contributed by atoms with van der Waals surface area (Å²) in [6.45, 7) is 0.800. The smallest absolute Gasteiger partial charge is 0.410 e. The molecule has 0 radical (unpaired) electrons. The Labute approximate surface area is 165 Å². The predicted molar refractivity (Wildman–Crippen MR) is 105 cm³/mol. The molecule has 0 N–H and O–H groups in total. The Morgan fingerprint density at radius 3 is 1.96 bits per heavy atom. The quantitative estimate of drug-likeness (QED) is 0.785. The second-order valence-electron chi connectivity index (χ2n) is 7.59. The summed E-state index contributed by atoms with van der Waals surface area (Å²) in [5.41, 5.74) is 2.09. The highest BCUT2D eigenvalue weighted by atomic mass is 16.6. The molecular weight excluding hydrogens is 354 g/mol. The molecule has 0 unspecified atom stereocenters. The number of ether oxygens (including phenoxy) is 2. The number of rotatable bonds is 5. The lowest BCUT2D eigenvalue weighted by Crippen LogP contribution is -2.58. The zero-order valence-electron chi connectivity index (χ0n) is 15.8. The zero-order valence-corrected chi connectivity index (χ0v) is 15.8. The van der Waals surface area contributed by atoms with E-state index in [1.807, 2.05) is 60.7 Å². The molecule has 0 aromatic heterocycles. The molecule has 1 amide bonds. The number of carbonyl (C=O) groups is 2. The van der Waals surface area contributed by atoms with E-state index in [0.717, 1.165) is 11.1 Å². The van der Waals surface area contributed by atoms with E-state index in [4.69, 9.17) is 9.47 Å². The Balaban J connectivity index is 1.36. The number of hydrogen-bond donors (Lipinski definition) is 0. The van der Waals surface area contributed by atoms with Crippen molar-refractivity contribution in [3.8, 4) is 0 Å². The molecule has 2 aromatic rings. The molecule has 5 nitrogen and oxygen atoms in total. The first kappa shape index (κ1) is 18.7. The second-order valence-corrected chi connectivity index (χ2v) is 7.59. The third-order valence-electron chi connectivity index (χ3n) is 5.53. The van der Waals surface area contributed by atoms with Gasteiger partial charge in [-0.3, -0.25) is 4.79 Å². The number of piperidine rings is 2. The van der Waals surface area contributed by atoms with Crippen LogP contribution in [0.25, 0.3) is 0 Å². The average molecular weight is 379 g/mol. The molecule has 2 aromatic carbocycles. The van der Waals surface area contributed by atoms with Gasteiger partial charge in [0, 0.05) is 24.9 Å². The molecule has 5 heteroatoms. The van der Waals surface area contributed by atoms with E-state index in [0.29, 0.717) is 32.3 Å². The van der Waals surface area contributed by atoms with Crippen LogP contribution in [0.3, 0.4) is 0 Å². The number of hydrogen-bond acceptors (Lipinski definition) is 4. The highest BCUT2D eigenvalue weighted by Gasteiger charge is 2.44. The molecule has 2 bridgehead atoms. The molecule has 0 saturated carbocycles. The first-order valence-corrected chi connectivity index (χ1v) is 9.85. The Bertz CT molecular complexity index is 790. The Morgan fingerprint density at radius 1 is 0.857 bits per heavy atom. The van der Waals surface area contributed by atoms with Crippen LogP contribution in [0.4, 0.5) is 4.79 Å². The number of amides is 1. The molecule has 2 heterocycles. The first-order valence-electron chi connectivity index (χ1n) is 9.85. The van der Waals surface area contributed by atoms with Crippen LogP contribution in [0.2, 0.25) is 0 Å². The summed E-state index contributed by atoms with van der Waals surface area (Å²) in [6, 6.07) is 19.4. The minimum absolute atomic E-state index is 0.0569. The molecule has 2 saturated heterocycles. The summed E-state index contributed by atoms with van der Waals surface area (Å²) in [5.74, 6) is 0.226. The number of fused-ring (bicyclic) bond motifs is 2. The normalized spacial score (nSPS) is 24.1. The van der Waals surface area contributed by atoms with E-state index in [-0.39, 0.29) is 36.7 Å². The fourth-order valence-corrected chi connectivity index (χ4v) is 4.22. The first-order chi connectivity index (χ1) is 13.7. The van der Waals surface area contributed by atoms with Gasteiger partial charge in [0.2, 0.25) is 0 Å². The van der Waals surface area contributed by atoms with Crippen LogP contribution < -0.4 is 0 Å². The molecular formula is C23H25NO4. The zero-order chi connectivity index (χ0) is 19.3. The van der Waals surface area contributed by atoms with Crippen LogP contribution in [-0.2, 0) is 27.5 Å². The van der Waals surface area contributed by atoms with E-state index in [9.17, 15) is 9.59 Å².